The lowest BCUT2D eigenvalue weighted by molar-refractivity contribution is -0.150. The molecule has 3 aromatic carbocycles. The van der Waals surface area contributed by atoms with Crippen LogP contribution in [0.1, 0.15) is 42.6 Å². The molecule has 2 heterocycles. The van der Waals surface area contributed by atoms with Crippen molar-refractivity contribution < 1.29 is 9.53 Å². The Hall–Kier alpha value is -4.17. The predicted molar refractivity (Wildman–Crippen MR) is 152 cm³/mol. The van der Waals surface area contributed by atoms with Crippen molar-refractivity contribution in [3.8, 4) is 5.69 Å². The first-order chi connectivity index (χ1) is 19.0. The molecule has 1 aromatic heterocycles. The number of carbonyl (C=O) groups is 1. The zero-order valence-corrected chi connectivity index (χ0v) is 22.7. The topological polar surface area (TPSA) is 72.6 Å². The predicted octanol–water partition coefficient (Wildman–Crippen LogP) is 4.38. The van der Waals surface area contributed by atoms with E-state index in [0.717, 1.165) is 54.2 Å². The number of piperazine rings is 1. The van der Waals surface area contributed by atoms with Crippen LogP contribution >= 0.6 is 0 Å². The van der Waals surface area contributed by atoms with Gasteiger partial charge in [0.05, 0.1) is 18.3 Å². The van der Waals surface area contributed by atoms with Crippen LogP contribution in [0.25, 0.3) is 5.69 Å². The van der Waals surface area contributed by atoms with Gasteiger partial charge in [-0.25, -0.2) is 18.8 Å². The van der Waals surface area contributed by atoms with Gasteiger partial charge < -0.3 is 9.64 Å². The van der Waals surface area contributed by atoms with Crippen LogP contribution in [0.5, 0.6) is 0 Å². The van der Waals surface area contributed by atoms with Crippen molar-refractivity contribution in [1.29, 1.82) is 0 Å². The Balaban J connectivity index is 1.30. The standard InChI is InChI=1S/C31H35N5O3/c1-4-39-30(37)29(26-13-9-6-10-14-26)34-19-17-33(18-20-34)27-15-16-28(23(2)21-27)35-22-32-36(31(35)38)24(3)25-11-7-5-8-12-25/h5-16,21-22,24,29H,4,17-20H2,1-3H3/t24?,29-/m1/s1. The summed E-state index contributed by atoms with van der Waals surface area (Å²) < 4.78 is 8.55. The molecule has 0 bridgehead atoms. The fourth-order valence-electron chi connectivity index (χ4n) is 5.32. The number of ether oxygens (including phenoxy) is 1. The maximum Gasteiger partial charge on any atom is 0.350 e. The lowest BCUT2D eigenvalue weighted by atomic mass is 10.0. The molecule has 4 aromatic rings. The number of hydrogen-bond acceptors (Lipinski definition) is 6. The van der Waals surface area contributed by atoms with Crippen molar-refractivity contribution >= 4 is 11.7 Å². The number of aryl methyl sites for hydroxylation is 1. The third-order valence-corrected chi connectivity index (χ3v) is 7.45. The second-order valence-electron chi connectivity index (χ2n) is 9.87. The van der Waals surface area contributed by atoms with Crippen LogP contribution in [0.4, 0.5) is 5.69 Å². The molecule has 202 valence electrons. The molecule has 8 heteroatoms. The molecule has 1 fully saturated rings. The highest BCUT2D eigenvalue weighted by Gasteiger charge is 2.31. The van der Waals surface area contributed by atoms with E-state index in [1.54, 1.807) is 10.9 Å². The average molecular weight is 526 g/mol. The molecule has 39 heavy (non-hydrogen) atoms. The smallest absolute Gasteiger partial charge is 0.350 e. The van der Waals surface area contributed by atoms with Gasteiger partial charge in [0.1, 0.15) is 12.4 Å². The summed E-state index contributed by atoms with van der Waals surface area (Å²) in [6.45, 7) is 9.25. The Morgan fingerprint density at radius 1 is 0.923 bits per heavy atom. The number of anilines is 1. The first-order valence-corrected chi connectivity index (χ1v) is 13.5. The summed E-state index contributed by atoms with van der Waals surface area (Å²) in [4.78, 5) is 30.6. The summed E-state index contributed by atoms with van der Waals surface area (Å²) in [5.74, 6) is -0.204. The van der Waals surface area contributed by atoms with Gasteiger partial charge in [-0.2, -0.15) is 5.10 Å². The molecule has 2 atom stereocenters. The largest absolute Gasteiger partial charge is 0.465 e. The highest BCUT2D eigenvalue weighted by atomic mass is 16.5. The van der Waals surface area contributed by atoms with Gasteiger partial charge in [0, 0.05) is 31.9 Å². The monoisotopic (exact) mass is 525 g/mol. The van der Waals surface area contributed by atoms with Crippen LogP contribution in [0.3, 0.4) is 0 Å². The van der Waals surface area contributed by atoms with Gasteiger partial charge >= 0.3 is 11.7 Å². The lowest BCUT2D eigenvalue weighted by Crippen LogP contribution is -2.49. The number of nitrogens with zero attached hydrogens (tertiary/aromatic N) is 5. The number of esters is 1. The van der Waals surface area contributed by atoms with Crippen molar-refractivity contribution in [2.45, 2.75) is 32.9 Å². The zero-order chi connectivity index (χ0) is 27.4. The summed E-state index contributed by atoms with van der Waals surface area (Å²) in [7, 11) is 0. The Kier molecular flexibility index (Phi) is 7.93. The molecular formula is C31H35N5O3. The molecule has 1 aliphatic rings. The van der Waals surface area contributed by atoms with E-state index in [9.17, 15) is 9.59 Å². The van der Waals surface area contributed by atoms with Crippen LogP contribution in [0.15, 0.2) is 90.0 Å². The quantitative estimate of drug-likeness (QED) is 0.318. The second kappa shape index (κ2) is 11.7. The maximum absolute atomic E-state index is 13.3. The number of hydrogen-bond donors (Lipinski definition) is 0. The maximum atomic E-state index is 13.3. The summed E-state index contributed by atoms with van der Waals surface area (Å²) in [6, 6.07) is 25.4. The number of benzene rings is 3. The van der Waals surface area contributed by atoms with Gasteiger partial charge in [-0.05, 0) is 55.7 Å². The van der Waals surface area contributed by atoms with E-state index < -0.39 is 6.04 Å². The fraction of sp³-hybridized carbons (Fsp3) is 0.323. The molecule has 0 radical (unpaired) electrons. The van der Waals surface area contributed by atoms with E-state index in [4.69, 9.17) is 4.74 Å². The second-order valence-corrected chi connectivity index (χ2v) is 9.87. The van der Waals surface area contributed by atoms with Crippen LogP contribution in [0.2, 0.25) is 0 Å². The summed E-state index contributed by atoms with van der Waals surface area (Å²) >= 11 is 0. The molecule has 5 rings (SSSR count). The number of carbonyl (C=O) groups excluding carboxylic acids is 1. The van der Waals surface area contributed by atoms with Crippen molar-refractivity contribution in [2.24, 2.45) is 0 Å². The van der Waals surface area contributed by atoms with Gasteiger partial charge in [-0.3, -0.25) is 4.90 Å². The van der Waals surface area contributed by atoms with Crippen molar-refractivity contribution in [3.05, 3.63) is 112 Å². The van der Waals surface area contributed by atoms with E-state index in [-0.39, 0.29) is 17.7 Å². The third kappa shape index (κ3) is 5.52. The molecule has 8 nitrogen and oxygen atoms in total. The fourth-order valence-corrected chi connectivity index (χ4v) is 5.32. The van der Waals surface area contributed by atoms with E-state index in [1.165, 1.54) is 4.68 Å². The van der Waals surface area contributed by atoms with Gasteiger partial charge in [-0.1, -0.05) is 60.7 Å². The molecule has 1 aliphatic heterocycles. The first-order valence-electron chi connectivity index (χ1n) is 13.5. The normalized spacial score (nSPS) is 15.6. The Labute approximate surface area is 229 Å². The van der Waals surface area contributed by atoms with Crippen LogP contribution in [-0.2, 0) is 9.53 Å². The minimum absolute atomic E-state index is 0.162. The van der Waals surface area contributed by atoms with Gasteiger partial charge in [0.25, 0.3) is 0 Å². The average Bonchev–Trinajstić information content (AvgIpc) is 3.35. The van der Waals surface area contributed by atoms with Gasteiger partial charge in [-0.15, -0.1) is 0 Å². The molecule has 1 saturated heterocycles. The van der Waals surface area contributed by atoms with Crippen LogP contribution in [-0.4, -0.2) is 58.0 Å². The summed E-state index contributed by atoms with van der Waals surface area (Å²) in [6.07, 6.45) is 1.60. The SMILES string of the molecule is CCOC(=O)[C@@H](c1ccccc1)N1CCN(c2ccc(-n3cnn(C(C)c4ccccc4)c3=O)c(C)c2)CC1. The van der Waals surface area contributed by atoms with E-state index in [0.29, 0.717) is 6.61 Å². The highest BCUT2D eigenvalue weighted by molar-refractivity contribution is 5.77. The summed E-state index contributed by atoms with van der Waals surface area (Å²) in [5.41, 5.74) is 4.74. The Bertz CT molecular complexity index is 1460. The van der Waals surface area contributed by atoms with E-state index >= 15 is 0 Å². The highest BCUT2D eigenvalue weighted by Crippen LogP contribution is 2.27. The first kappa shape index (κ1) is 26.4. The van der Waals surface area contributed by atoms with Gasteiger partial charge in [0.2, 0.25) is 0 Å². The van der Waals surface area contributed by atoms with E-state index in [1.807, 2.05) is 87.5 Å². The Morgan fingerprint density at radius 3 is 2.18 bits per heavy atom. The third-order valence-electron chi connectivity index (χ3n) is 7.45. The molecule has 0 N–H and O–H groups in total. The van der Waals surface area contributed by atoms with Crippen molar-refractivity contribution in [3.63, 3.8) is 0 Å². The summed E-state index contributed by atoms with van der Waals surface area (Å²) in [5, 5.41) is 4.41. The Morgan fingerprint density at radius 2 is 1.56 bits per heavy atom. The molecular weight excluding hydrogens is 490 g/mol. The van der Waals surface area contributed by atoms with Crippen molar-refractivity contribution in [1.82, 2.24) is 19.2 Å². The van der Waals surface area contributed by atoms with Gasteiger partial charge in [0.15, 0.2) is 0 Å². The zero-order valence-electron chi connectivity index (χ0n) is 22.7. The minimum Gasteiger partial charge on any atom is -0.465 e. The van der Waals surface area contributed by atoms with Crippen LogP contribution in [0, 0.1) is 6.92 Å². The molecule has 0 saturated carbocycles. The van der Waals surface area contributed by atoms with Crippen LogP contribution < -0.4 is 10.6 Å². The minimum atomic E-state index is -0.404. The number of rotatable bonds is 8. The van der Waals surface area contributed by atoms with Crippen molar-refractivity contribution in [2.75, 3.05) is 37.7 Å². The molecule has 0 amide bonds. The number of aromatic nitrogens is 3. The molecule has 1 unspecified atom stereocenters. The van der Waals surface area contributed by atoms with E-state index in [2.05, 4.69) is 27.0 Å². The molecule has 0 aliphatic carbocycles. The lowest BCUT2D eigenvalue weighted by Gasteiger charge is -2.39. The molecule has 0 spiro atoms.